The van der Waals surface area contributed by atoms with Crippen molar-refractivity contribution in [2.24, 2.45) is 10.2 Å². The number of aliphatic hydroxyl groups is 1. The summed E-state index contributed by atoms with van der Waals surface area (Å²) in [7, 11) is 0. The van der Waals surface area contributed by atoms with E-state index in [4.69, 9.17) is 0 Å². The summed E-state index contributed by atoms with van der Waals surface area (Å²) in [6.45, 7) is 3.88. The molecule has 2 N–H and O–H groups in total. The molecule has 0 aliphatic carbocycles. The highest BCUT2D eigenvalue weighted by Crippen LogP contribution is 2.40. The average molecular weight is 337 g/mol. The minimum atomic E-state index is -1.38. The van der Waals surface area contributed by atoms with Crippen LogP contribution in [0.1, 0.15) is 31.6 Å². The Morgan fingerprint density at radius 2 is 1.68 bits per heavy atom. The van der Waals surface area contributed by atoms with Crippen molar-refractivity contribution in [3.8, 4) is 5.88 Å². The van der Waals surface area contributed by atoms with Crippen LogP contribution in [0, 0.1) is 0 Å². The number of aromatic hydroxyl groups is 1. The van der Waals surface area contributed by atoms with Crippen molar-refractivity contribution in [3.05, 3.63) is 60.2 Å². The molecule has 6 nitrogen and oxygen atoms in total. The molecule has 25 heavy (non-hydrogen) atoms. The summed E-state index contributed by atoms with van der Waals surface area (Å²) in [6, 6.07) is 15.9. The van der Waals surface area contributed by atoms with Crippen molar-refractivity contribution in [1.82, 2.24) is 4.57 Å². The van der Waals surface area contributed by atoms with Crippen LogP contribution >= 0.6 is 0 Å². The van der Waals surface area contributed by atoms with E-state index in [-0.39, 0.29) is 17.6 Å². The maximum atomic E-state index is 12.1. The van der Waals surface area contributed by atoms with Gasteiger partial charge in [0.2, 0.25) is 5.88 Å². The third kappa shape index (κ3) is 3.16. The number of benzene rings is 2. The Morgan fingerprint density at radius 3 is 2.36 bits per heavy atom. The van der Waals surface area contributed by atoms with E-state index >= 15 is 0 Å². The van der Waals surface area contributed by atoms with Gasteiger partial charge in [-0.2, -0.15) is 0 Å². The van der Waals surface area contributed by atoms with Crippen molar-refractivity contribution in [3.63, 3.8) is 0 Å². The molecule has 0 saturated heterocycles. The molecule has 0 fully saturated rings. The van der Waals surface area contributed by atoms with Gasteiger partial charge >= 0.3 is 0 Å². The number of nitrogens with zero attached hydrogens (tertiary/aromatic N) is 3. The van der Waals surface area contributed by atoms with Crippen LogP contribution in [0.25, 0.3) is 10.9 Å². The Balaban J connectivity index is 1.96. The predicted octanol–water partition coefficient (Wildman–Crippen LogP) is 4.27. The second-order valence-corrected chi connectivity index (χ2v) is 6.00. The van der Waals surface area contributed by atoms with Gasteiger partial charge in [0.1, 0.15) is 0 Å². The lowest BCUT2D eigenvalue weighted by Gasteiger charge is -2.10. The summed E-state index contributed by atoms with van der Waals surface area (Å²) in [4.78, 5) is 12.1. The van der Waals surface area contributed by atoms with Crippen molar-refractivity contribution in [2.75, 3.05) is 0 Å². The Hall–Kier alpha value is -2.99. The maximum Gasteiger partial charge on any atom is 0.297 e. The SMILES string of the molecule is CC(C)n1c(O)c(N=NC(=O)C(O)c2ccccc2)c2ccccc21. The van der Waals surface area contributed by atoms with Crippen LogP contribution in [0.2, 0.25) is 0 Å². The maximum absolute atomic E-state index is 12.1. The molecule has 0 spiro atoms. The molecule has 1 aromatic heterocycles. The van der Waals surface area contributed by atoms with Gasteiger partial charge in [0, 0.05) is 11.4 Å². The number of amides is 1. The first-order valence-corrected chi connectivity index (χ1v) is 8.01. The lowest BCUT2D eigenvalue weighted by atomic mass is 10.1. The molecule has 0 radical (unpaired) electrons. The monoisotopic (exact) mass is 337 g/mol. The van der Waals surface area contributed by atoms with E-state index in [1.807, 2.05) is 32.0 Å². The fourth-order valence-electron chi connectivity index (χ4n) is 2.79. The summed E-state index contributed by atoms with van der Waals surface area (Å²) in [6.07, 6.45) is -1.38. The number of aromatic nitrogens is 1. The van der Waals surface area contributed by atoms with Gasteiger partial charge in [0.05, 0.1) is 5.52 Å². The number of para-hydroxylation sites is 1. The quantitative estimate of drug-likeness (QED) is 0.697. The molecule has 1 unspecified atom stereocenters. The zero-order chi connectivity index (χ0) is 18.0. The fraction of sp³-hybridized carbons (Fsp3) is 0.211. The van der Waals surface area contributed by atoms with Gasteiger partial charge in [-0.15, -0.1) is 10.2 Å². The highest BCUT2D eigenvalue weighted by Gasteiger charge is 2.20. The van der Waals surface area contributed by atoms with E-state index < -0.39 is 12.0 Å². The van der Waals surface area contributed by atoms with Gasteiger partial charge in [-0.3, -0.25) is 4.79 Å². The van der Waals surface area contributed by atoms with Crippen molar-refractivity contribution < 1.29 is 15.0 Å². The first kappa shape index (κ1) is 16.9. The predicted molar refractivity (Wildman–Crippen MR) is 94.9 cm³/mol. The van der Waals surface area contributed by atoms with Crippen molar-refractivity contribution in [2.45, 2.75) is 26.0 Å². The smallest absolute Gasteiger partial charge is 0.297 e. The van der Waals surface area contributed by atoms with Gasteiger partial charge < -0.3 is 14.8 Å². The number of fused-ring (bicyclic) bond motifs is 1. The topological polar surface area (TPSA) is 87.2 Å². The summed E-state index contributed by atoms with van der Waals surface area (Å²) < 4.78 is 1.72. The second-order valence-electron chi connectivity index (χ2n) is 6.00. The molecule has 0 bridgehead atoms. The lowest BCUT2D eigenvalue weighted by Crippen LogP contribution is -2.08. The molecule has 0 saturated carbocycles. The number of aliphatic hydroxyl groups excluding tert-OH is 1. The summed E-state index contributed by atoms with van der Waals surface area (Å²) in [5, 5.41) is 28.8. The van der Waals surface area contributed by atoms with Crippen molar-refractivity contribution in [1.29, 1.82) is 0 Å². The van der Waals surface area contributed by atoms with Crippen molar-refractivity contribution >= 4 is 22.5 Å². The van der Waals surface area contributed by atoms with Crippen LogP contribution < -0.4 is 0 Å². The van der Waals surface area contributed by atoms with Crippen LogP contribution in [0.4, 0.5) is 5.69 Å². The molecule has 3 rings (SSSR count). The standard InChI is InChI=1S/C19H19N3O3/c1-12(2)22-15-11-7-6-10-14(15)16(19(22)25)20-21-18(24)17(23)13-8-4-3-5-9-13/h3-12,17,23,25H,1-2H3. The minimum absolute atomic E-state index is 0.0134. The Morgan fingerprint density at radius 1 is 1.04 bits per heavy atom. The van der Waals surface area contributed by atoms with Gasteiger partial charge in [-0.1, -0.05) is 48.5 Å². The Labute approximate surface area is 145 Å². The van der Waals surface area contributed by atoms with Gasteiger partial charge in [0.15, 0.2) is 11.8 Å². The molecule has 1 atom stereocenters. The number of rotatable bonds is 4. The highest BCUT2D eigenvalue weighted by atomic mass is 16.3. The van der Waals surface area contributed by atoms with Crippen LogP contribution in [0.3, 0.4) is 0 Å². The largest absolute Gasteiger partial charge is 0.493 e. The Kier molecular flexibility index (Phi) is 4.63. The van der Waals surface area contributed by atoms with E-state index in [0.29, 0.717) is 10.9 Å². The molecule has 128 valence electrons. The molecule has 1 amide bonds. The highest BCUT2D eigenvalue weighted by molar-refractivity contribution is 5.95. The van der Waals surface area contributed by atoms with E-state index in [2.05, 4.69) is 10.2 Å². The molecule has 3 aromatic rings. The normalized spacial score (nSPS) is 13.0. The molecular weight excluding hydrogens is 318 g/mol. The first-order valence-electron chi connectivity index (χ1n) is 8.01. The van der Waals surface area contributed by atoms with E-state index in [1.54, 1.807) is 41.0 Å². The molecule has 2 aromatic carbocycles. The van der Waals surface area contributed by atoms with Crippen LogP contribution in [-0.4, -0.2) is 20.7 Å². The third-order valence-electron chi connectivity index (χ3n) is 3.97. The van der Waals surface area contributed by atoms with E-state index in [9.17, 15) is 15.0 Å². The number of carbonyl (C=O) groups is 1. The van der Waals surface area contributed by atoms with Gasteiger partial charge in [-0.05, 0) is 25.5 Å². The zero-order valence-corrected chi connectivity index (χ0v) is 14.0. The first-order chi connectivity index (χ1) is 12.0. The van der Waals surface area contributed by atoms with Crippen LogP contribution in [0.5, 0.6) is 5.88 Å². The molecule has 0 aliphatic heterocycles. The molecule has 6 heteroatoms. The lowest BCUT2D eigenvalue weighted by molar-refractivity contribution is -0.126. The summed E-state index contributed by atoms with van der Waals surface area (Å²) >= 11 is 0. The number of carbonyl (C=O) groups excluding carboxylic acids is 1. The van der Waals surface area contributed by atoms with Crippen LogP contribution in [-0.2, 0) is 4.79 Å². The fourth-order valence-corrected chi connectivity index (χ4v) is 2.79. The number of hydrogen-bond donors (Lipinski definition) is 2. The average Bonchev–Trinajstić information content (AvgIpc) is 2.91. The molecule has 0 aliphatic rings. The number of azo groups is 1. The molecular formula is C19H19N3O3. The zero-order valence-electron chi connectivity index (χ0n) is 14.0. The molecule has 1 heterocycles. The van der Waals surface area contributed by atoms with Gasteiger partial charge in [0.25, 0.3) is 5.91 Å². The number of hydrogen-bond acceptors (Lipinski definition) is 4. The summed E-state index contributed by atoms with van der Waals surface area (Å²) in [5.74, 6) is -0.839. The summed E-state index contributed by atoms with van der Waals surface area (Å²) in [5.41, 5.74) is 1.47. The van der Waals surface area contributed by atoms with E-state index in [0.717, 1.165) is 5.52 Å². The van der Waals surface area contributed by atoms with E-state index in [1.165, 1.54) is 0 Å². The van der Waals surface area contributed by atoms with Gasteiger partial charge in [-0.25, -0.2) is 0 Å². The minimum Gasteiger partial charge on any atom is -0.493 e. The third-order valence-corrected chi connectivity index (χ3v) is 3.97. The van der Waals surface area contributed by atoms with Crippen LogP contribution in [0.15, 0.2) is 64.8 Å². The second kappa shape index (κ2) is 6.86. The Bertz CT molecular complexity index is 930.